The molecule has 0 unspecified atom stereocenters. The molecule has 0 aliphatic rings. The number of hydrogen-bond acceptors (Lipinski definition) is 1. The number of benzene rings is 4. The fourth-order valence-electron chi connectivity index (χ4n) is 3.83. The minimum atomic E-state index is 1.01. The summed E-state index contributed by atoms with van der Waals surface area (Å²) in [6, 6.07) is 34.1. The van der Waals surface area contributed by atoms with Crippen LogP contribution < -0.4 is 0 Å². The predicted octanol–water partition coefficient (Wildman–Crippen LogP) is 6.72. The van der Waals surface area contributed by atoms with E-state index in [2.05, 4.69) is 96.0 Å². The first kappa shape index (κ1) is 14.9. The first-order valence-corrected chi connectivity index (χ1v) is 8.84. The van der Waals surface area contributed by atoms with Gasteiger partial charge < -0.3 is 0 Å². The molecule has 1 heterocycles. The fourth-order valence-corrected chi connectivity index (χ4v) is 3.83. The van der Waals surface area contributed by atoms with Crippen molar-refractivity contribution < 1.29 is 0 Å². The van der Waals surface area contributed by atoms with Gasteiger partial charge in [-0.1, -0.05) is 84.9 Å². The summed E-state index contributed by atoms with van der Waals surface area (Å²) in [4.78, 5) is 4.65. The topological polar surface area (TPSA) is 12.9 Å². The van der Waals surface area contributed by atoms with Crippen LogP contribution in [0.3, 0.4) is 0 Å². The zero-order chi connectivity index (χ0) is 17.3. The third-order valence-corrected chi connectivity index (χ3v) is 4.91. The molecule has 0 fully saturated rings. The van der Waals surface area contributed by atoms with Crippen molar-refractivity contribution in [3.8, 4) is 22.4 Å². The van der Waals surface area contributed by atoms with Crippen molar-refractivity contribution in [3.05, 3.63) is 103 Å². The van der Waals surface area contributed by atoms with Gasteiger partial charge in [-0.25, -0.2) is 0 Å². The molecule has 0 spiro atoms. The molecule has 4 aromatic carbocycles. The first-order valence-electron chi connectivity index (χ1n) is 8.84. The summed E-state index contributed by atoms with van der Waals surface area (Å²) in [6.07, 6.45) is 1.87. The average molecular weight is 331 g/mol. The minimum Gasteiger partial charge on any atom is -0.256 e. The van der Waals surface area contributed by atoms with Gasteiger partial charge in [0.1, 0.15) is 0 Å². The maximum absolute atomic E-state index is 4.65. The molecule has 1 nitrogen and oxygen atoms in total. The van der Waals surface area contributed by atoms with Crippen LogP contribution in [0.4, 0.5) is 0 Å². The molecule has 1 aromatic heterocycles. The Morgan fingerprint density at radius 1 is 0.423 bits per heavy atom. The first-order chi connectivity index (χ1) is 12.9. The molecular formula is C25H17N. The summed E-state index contributed by atoms with van der Waals surface area (Å²) in [5.41, 5.74) is 4.75. The Hall–Kier alpha value is -3.45. The lowest BCUT2D eigenvalue weighted by Gasteiger charge is -2.17. The van der Waals surface area contributed by atoms with Crippen LogP contribution in [0.25, 0.3) is 43.9 Å². The Morgan fingerprint density at radius 2 is 0.923 bits per heavy atom. The summed E-state index contributed by atoms with van der Waals surface area (Å²) in [7, 11) is 0. The van der Waals surface area contributed by atoms with E-state index < -0.39 is 0 Å². The molecule has 0 saturated carbocycles. The van der Waals surface area contributed by atoms with Crippen LogP contribution in [0.15, 0.2) is 103 Å². The van der Waals surface area contributed by atoms with E-state index in [4.69, 9.17) is 0 Å². The Labute approximate surface area is 152 Å². The largest absolute Gasteiger partial charge is 0.256 e. The molecule has 0 aliphatic carbocycles. The monoisotopic (exact) mass is 331 g/mol. The van der Waals surface area contributed by atoms with Crippen LogP contribution in [-0.2, 0) is 0 Å². The van der Waals surface area contributed by atoms with Gasteiger partial charge in [-0.05, 0) is 44.8 Å². The summed E-state index contributed by atoms with van der Waals surface area (Å²) >= 11 is 0. The number of fused-ring (bicyclic) bond motifs is 2. The zero-order valence-electron chi connectivity index (χ0n) is 14.3. The second-order valence-electron chi connectivity index (χ2n) is 6.42. The normalized spacial score (nSPS) is 11.1. The quantitative estimate of drug-likeness (QED) is 0.327. The highest BCUT2D eigenvalue weighted by Crippen LogP contribution is 2.42. The SMILES string of the molecule is c1ccc(-c2c3ccccc3c(-c3ccccn3)c3ccccc23)cc1. The van der Waals surface area contributed by atoms with Gasteiger partial charge in [0.2, 0.25) is 0 Å². The molecule has 0 bridgehead atoms. The highest BCUT2D eigenvalue weighted by Gasteiger charge is 2.16. The van der Waals surface area contributed by atoms with Crippen LogP contribution >= 0.6 is 0 Å². The van der Waals surface area contributed by atoms with Crippen molar-refractivity contribution >= 4 is 21.5 Å². The van der Waals surface area contributed by atoms with Crippen molar-refractivity contribution in [2.45, 2.75) is 0 Å². The minimum absolute atomic E-state index is 1.01. The summed E-state index contributed by atoms with van der Waals surface area (Å²) in [5, 5.41) is 5.00. The van der Waals surface area contributed by atoms with E-state index in [1.54, 1.807) is 0 Å². The summed E-state index contributed by atoms with van der Waals surface area (Å²) in [6.45, 7) is 0. The van der Waals surface area contributed by atoms with E-state index >= 15 is 0 Å². The second-order valence-corrected chi connectivity index (χ2v) is 6.42. The Balaban J connectivity index is 2.02. The number of rotatable bonds is 2. The van der Waals surface area contributed by atoms with Crippen LogP contribution in [-0.4, -0.2) is 4.98 Å². The number of aromatic nitrogens is 1. The molecule has 0 N–H and O–H groups in total. The van der Waals surface area contributed by atoms with Gasteiger partial charge in [0.25, 0.3) is 0 Å². The van der Waals surface area contributed by atoms with Gasteiger partial charge >= 0.3 is 0 Å². The number of pyridine rings is 1. The van der Waals surface area contributed by atoms with Gasteiger partial charge in [0.15, 0.2) is 0 Å². The molecule has 0 aliphatic heterocycles. The van der Waals surface area contributed by atoms with Crippen LogP contribution in [0, 0.1) is 0 Å². The van der Waals surface area contributed by atoms with Crippen molar-refractivity contribution in [1.29, 1.82) is 0 Å². The lowest BCUT2D eigenvalue weighted by molar-refractivity contribution is 1.34. The van der Waals surface area contributed by atoms with Gasteiger partial charge in [0.05, 0.1) is 5.69 Å². The van der Waals surface area contributed by atoms with E-state index in [0.717, 1.165) is 5.69 Å². The zero-order valence-corrected chi connectivity index (χ0v) is 14.3. The third kappa shape index (κ3) is 2.29. The highest BCUT2D eigenvalue weighted by molar-refractivity contribution is 6.20. The summed E-state index contributed by atoms with van der Waals surface area (Å²) in [5.74, 6) is 0. The van der Waals surface area contributed by atoms with E-state index in [9.17, 15) is 0 Å². The molecule has 0 radical (unpaired) electrons. The van der Waals surface area contributed by atoms with Crippen molar-refractivity contribution in [2.75, 3.05) is 0 Å². The molecular weight excluding hydrogens is 314 g/mol. The third-order valence-electron chi connectivity index (χ3n) is 4.91. The van der Waals surface area contributed by atoms with Crippen molar-refractivity contribution in [2.24, 2.45) is 0 Å². The maximum Gasteiger partial charge on any atom is 0.0714 e. The standard InChI is InChI=1S/C25H17N/c1-2-10-18(11-3-1)24-19-12-4-6-14-21(19)25(23-16-8-9-17-26-23)22-15-7-5-13-20(22)24/h1-17H. The molecule has 122 valence electrons. The Bertz CT molecular complexity index is 1050. The van der Waals surface area contributed by atoms with Gasteiger partial charge in [-0.3, -0.25) is 4.98 Å². The van der Waals surface area contributed by atoms with Crippen molar-refractivity contribution in [1.82, 2.24) is 4.98 Å². The smallest absolute Gasteiger partial charge is 0.0714 e. The van der Waals surface area contributed by atoms with Gasteiger partial charge in [0, 0.05) is 11.8 Å². The predicted molar refractivity (Wildman–Crippen MR) is 110 cm³/mol. The lowest BCUT2D eigenvalue weighted by Crippen LogP contribution is -1.91. The Kier molecular flexibility index (Phi) is 3.50. The van der Waals surface area contributed by atoms with E-state index in [1.807, 2.05) is 12.3 Å². The van der Waals surface area contributed by atoms with E-state index in [1.165, 1.54) is 38.2 Å². The Morgan fingerprint density at radius 3 is 1.46 bits per heavy atom. The summed E-state index contributed by atoms with van der Waals surface area (Å²) < 4.78 is 0. The molecule has 5 aromatic rings. The molecule has 1 heteroatoms. The lowest BCUT2D eigenvalue weighted by atomic mass is 9.87. The fraction of sp³-hybridized carbons (Fsp3) is 0. The number of hydrogen-bond donors (Lipinski definition) is 0. The van der Waals surface area contributed by atoms with Crippen LogP contribution in [0.2, 0.25) is 0 Å². The molecule has 5 rings (SSSR count). The van der Waals surface area contributed by atoms with Gasteiger partial charge in [-0.2, -0.15) is 0 Å². The molecule has 0 saturated heterocycles. The number of nitrogens with zero attached hydrogens (tertiary/aromatic N) is 1. The molecule has 0 atom stereocenters. The van der Waals surface area contributed by atoms with E-state index in [0.29, 0.717) is 0 Å². The molecule has 0 amide bonds. The highest BCUT2D eigenvalue weighted by atomic mass is 14.7. The van der Waals surface area contributed by atoms with E-state index in [-0.39, 0.29) is 0 Å². The molecule has 26 heavy (non-hydrogen) atoms. The van der Waals surface area contributed by atoms with Gasteiger partial charge in [-0.15, -0.1) is 0 Å². The van der Waals surface area contributed by atoms with Crippen LogP contribution in [0.5, 0.6) is 0 Å². The maximum atomic E-state index is 4.65. The second kappa shape index (κ2) is 6.12. The van der Waals surface area contributed by atoms with Crippen molar-refractivity contribution in [3.63, 3.8) is 0 Å². The average Bonchev–Trinajstić information content (AvgIpc) is 2.73. The van der Waals surface area contributed by atoms with Crippen LogP contribution in [0.1, 0.15) is 0 Å².